The van der Waals surface area contributed by atoms with E-state index in [1.54, 1.807) is 55.1 Å². The number of carbonyl (C=O) groups excluding carboxylic acids is 2. The van der Waals surface area contributed by atoms with Crippen LogP contribution in [0.4, 0.5) is 5.82 Å². The van der Waals surface area contributed by atoms with Gasteiger partial charge in [0.1, 0.15) is 17.5 Å². The number of halogens is 1. The highest BCUT2D eigenvalue weighted by Gasteiger charge is 2.39. The van der Waals surface area contributed by atoms with E-state index < -0.39 is 17.8 Å². The number of hydrogen-bond donors (Lipinski definition) is 2. The number of rotatable bonds is 7. The summed E-state index contributed by atoms with van der Waals surface area (Å²) < 4.78 is 7.30. The molecule has 1 aliphatic heterocycles. The average molecular weight is 569 g/mol. The Kier molecular flexibility index (Phi) is 7.98. The number of benzene rings is 2. The van der Waals surface area contributed by atoms with Gasteiger partial charge in [-0.05, 0) is 69.2 Å². The lowest BCUT2D eigenvalue weighted by atomic mass is 9.78. The van der Waals surface area contributed by atoms with Gasteiger partial charge in [-0.1, -0.05) is 48.0 Å². The normalized spacial score (nSPS) is 15.0. The molecule has 208 valence electrons. The van der Waals surface area contributed by atoms with Gasteiger partial charge in [-0.15, -0.1) is 0 Å². The Morgan fingerprint density at radius 3 is 2.37 bits per heavy atom. The van der Waals surface area contributed by atoms with Crippen molar-refractivity contribution in [2.24, 2.45) is 0 Å². The zero-order valence-corrected chi connectivity index (χ0v) is 23.9. The molecule has 9 nitrogen and oxygen atoms in total. The molecule has 0 radical (unpaired) electrons. The molecular weight excluding hydrogens is 540 g/mol. The summed E-state index contributed by atoms with van der Waals surface area (Å²) in [4.78, 5) is 36.1. The van der Waals surface area contributed by atoms with Crippen LogP contribution < -0.4 is 10.6 Å². The quantitative estimate of drug-likeness (QED) is 0.283. The largest absolute Gasteiger partial charge is 0.463 e. The number of nitrogens with zero attached hydrogens (tertiary/aromatic N) is 4. The van der Waals surface area contributed by atoms with E-state index in [1.165, 1.54) is 0 Å². The minimum atomic E-state index is -0.817. The third-order valence-corrected chi connectivity index (χ3v) is 7.05. The molecule has 4 aromatic rings. The predicted molar refractivity (Wildman–Crippen MR) is 157 cm³/mol. The number of esters is 1. The number of aryl methyl sites for hydroxylation is 2. The minimum absolute atomic E-state index is 0.160. The van der Waals surface area contributed by atoms with Gasteiger partial charge in [0.25, 0.3) is 5.91 Å². The highest BCUT2D eigenvalue weighted by molar-refractivity contribution is 6.31. The first-order valence-electron chi connectivity index (χ1n) is 13.2. The summed E-state index contributed by atoms with van der Waals surface area (Å²) in [7, 11) is 0. The lowest BCUT2D eigenvalue weighted by molar-refractivity contribution is -0.138. The second-order valence-corrected chi connectivity index (χ2v) is 9.87. The Labute approximate surface area is 242 Å². The molecule has 0 saturated carbocycles. The second kappa shape index (κ2) is 11.8. The molecule has 0 saturated heterocycles. The Hall–Kier alpha value is -4.76. The zero-order chi connectivity index (χ0) is 29.1. The Morgan fingerprint density at radius 1 is 1.00 bits per heavy atom. The van der Waals surface area contributed by atoms with E-state index in [9.17, 15) is 9.59 Å². The van der Waals surface area contributed by atoms with Gasteiger partial charge in [0.05, 0.1) is 29.5 Å². The fourth-order valence-corrected chi connectivity index (χ4v) is 5.21. The first kappa shape index (κ1) is 27.8. The van der Waals surface area contributed by atoms with Gasteiger partial charge in [0.2, 0.25) is 0 Å². The topological polar surface area (TPSA) is 111 Å². The molecule has 10 heteroatoms. The van der Waals surface area contributed by atoms with Crippen molar-refractivity contribution in [3.63, 3.8) is 0 Å². The standard InChI is InChI=1S/C31H29ClN6O3/c1-5-41-31(40)28-27(23-10-6-7-11-24(23)32)26(30(39)36-25-12-8-9-17-33-25)18(2)34-29(28)21-13-15-22(16-14-21)38-20(4)35-19(3)37-38/h6-17,27,34H,5H2,1-4H3,(H,33,36,39). The number of carbonyl (C=O) groups is 2. The zero-order valence-electron chi connectivity index (χ0n) is 23.1. The molecule has 0 bridgehead atoms. The van der Waals surface area contributed by atoms with Crippen LogP contribution in [0.15, 0.2) is 89.8 Å². The number of ether oxygens (including phenoxy) is 1. The molecular formula is C31H29ClN6O3. The molecule has 2 aromatic carbocycles. The summed E-state index contributed by atoms with van der Waals surface area (Å²) >= 11 is 6.70. The summed E-state index contributed by atoms with van der Waals surface area (Å²) in [6.07, 6.45) is 1.59. The summed E-state index contributed by atoms with van der Waals surface area (Å²) in [6, 6.07) is 20.0. The Balaban J connectivity index is 1.66. The Morgan fingerprint density at radius 2 is 1.73 bits per heavy atom. The molecule has 0 fully saturated rings. The van der Waals surface area contributed by atoms with Crippen LogP contribution in [0.1, 0.15) is 42.5 Å². The van der Waals surface area contributed by atoms with Gasteiger partial charge in [-0.25, -0.2) is 19.4 Å². The lowest BCUT2D eigenvalue weighted by Crippen LogP contribution is -2.34. The number of amides is 1. The van der Waals surface area contributed by atoms with Crippen LogP contribution in [0.5, 0.6) is 0 Å². The minimum Gasteiger partial charge on any atom is -0.463 e. The van der Waals surface area contributed by atoms with Crippen molar-refractivity contribution >= 4 is 35.0 Å². The summed E-state index contributed by atoms with van der Waals surface area (Å²) in [6.45, 7) is 7.43. The number of hydrogen-bond acceptors (Lipinski definition) is 7. The van der Waals surface area contributed by atoms with E-state index in [-0.39, 0.29) is 12.2 Å². The summed E-state index contributed by atoms with van der Waals surface area (Å²) in [5.41, 5.74) is 3.86. The highest BCUT2D eigenvalue weighted by Crippen LogP contribution is 2.44. The molecule has 5 rings (SSSR count). The number of pyridine rings is 1. The average Bonchev–Trinajstić information content (AvgIpc) is 3.30. The maximum absolute atomic E-state index is 13.8. The molecule has 2 aromatic heterocycles. The van der Waals surface area contributed by atoms with E-state index in [4.69, 9.17) is 16.3 Å². The van der Waals surface area contributed by atoms with Crippen molar-refractivity contribution in [3.8, 4) is 5.69 Å². The van der Waals surface area contributed by atoms with E-state index in [2.05, 4.69) is 25.7 Å². The summed E-state index contributed by atoms with van der Waals surface area (Å²) in [5.74, 6) is 0.0421. The Bertz CT molecular complexity index is 1680. The third-order valence-electron chi connectivity index (χ3n) is 6.70. The second-order valence-electron chi connectivity index (χ2n) is 9.46. The smallest absolute Gasteiger partial charge is 0.337 e. The number of allylic oxidation sites excluding steroid dienone is 1. The van der Waals surface area contributed by atoms with Crippen LogP contribution in [0.3, 0.4) is 0 Å². The van der Waals surface area contributed by atoms with Crippen LogP contribution in [-0.2, 0) is 14.3 Å². The van der Waals surface area contributed by atoms with E-state index in [0.717, 1.165) is 17.1 Å². The van der Waals surface area contributed by atoms with Crippen molar-refractivity contribution in [2.75, 3.05) is 11.9 Å². The number of nitrogens with one attached hydrogen (secondary N) is 2. The van der Waals surface area contributed by atoms with E-state index in [0.29, 0.717) is 39.2 Å². The molecule has 2 N–H and O–H groups in total. The molecule has 0 spiro atoms. The van der Waals surface area contributed by atoms with Crippen molar-refractivity contribution < 1.29 is 14.3 Å². The van der Waals surface area contributed by atoms with Gasteiger partial charge in [-0.2, -0.15) is 5.10 Å². The SMILES string of the molecule is CCOC(=O)C1=C(c2ccc(-n3nc(C)nc3C)cc2)NC(C)=C(C(=O)Nc2ccccn2)C1c1ccccc1Cl. The van der Waals surface area contributed by atoms with Crippen LogP contribution in [0, 0.1) is 13.8 Å². The third kappa shape index (κ3) is 5.62. The molecule has 1 aliphatic rings. The molecule has 1 atom stereocenters. The van der Waals surface area contributed by atoms with Crippen molar-refractivity contribution in [2.45, 2.75) is 33.6 Å². The molecule has 0 aliphatic carbocycles. The molecule has 1 amide bonds. The first-order chi connectivity index (χ1) is 19.8. The monoisotopic (exact) mass is 568 g/mol. The fraction of sp³-hybridized carbons (Fsp3) is 0.194. The summed E-state index contributed by atoms with van der Waals surface area (Å²) in [5, 5.41) is 11.1. The van der Waals surface area contributed by atoms with Gasteiger partial charge in [-0.3, -0.25) is 4.79 Å². The molecule has 3 heterocycles. The van der Waals surface area contributed by atoms with Gasteiger partial charge in [0, 0.05) is 22.5 Å². The van der Waals surface area contributed by atoms with Crippen molar-refractivity contribution in [1.29, 1.82) is 0 Å². The van der Waals surface area contributed by atoms with E-state index >= 15 is 0 Å². The molecule has 1 unspecified atom stereocenters. The molecule has 41 heavy (non-hydrogen) atoms. The van der Waals surface area contributed by atoms with Crippen LogP contribution >= 0.6 is 11.6 Å². The highest BCUT2D eigenvalue weighted by atomic mass is 35.5. The first-order valence-corrected chi connectivity index (χ1v) is 13.5. The van der Waals surface area contributed by atoms with Crippen LogP contribution in [-0.4, -0.2) is 38.2 Å². The number of aromatic nitrogens is 4. The van der Waals surface area contributed by atoms with Crippen molar-refractivity contribution in [3.05, 3.63) is 118 Å². The fourth-order valence-electron chi connectivity index (χ4n) is 4.96. The van der Waals surface area contributed by atoms with Gasteiger partial charge in [0.15, 0.2) is 0 Å². The van der Waals surface area contributed by atoms with Gasteiger partial charge < -0.3 is 15.4 Å². The van der Waals surface area contributed by atoms with Crippen LogP contribution in [0.25, 0.3) is 11.4 Å². The predicted octanol–water partition coefficient (Wildman–Crippen LogP) is 5.51. The number of dihydropyridines is 1. The lowest BCUT2D eigenvalue weighted by Gasteiger charge is -2.32. The number of anilines is 1. The van der Waals surface area contributed by atoms with Gasteiger partial charge >= 0.3 is 5.97 Å². The maximum atomic E-state index is 13.8. The maximum Gasteiger partial charge on any atom is 0.337 e. The van der Waals surface area contributed by atoms with Crippen molar-refractivity contribution in [1.82, 2.24) is 25.1 Å². The van der Waals surface area contributed by atoms with E-state index in [1.807, 2.05) is 50.2 Å². The van der Waals surface area contributed by atoms with Crippen LogP contribution in [0.2, 0.25) is 5.02 Å².